The van der Waals surface area contributed by atoms with Gasteiger partial charge in [-0.25, -0.2) is 4.98 Å². The summed E-state index contributed by atoms with van der Waals surface area (Å²) in [5.74, 6) is 1.68. The number of anilines is 1. The van der Waals surface area contributed by atoms with Gasteiger partial charge in [0.15, 0.2) is 11.5 Å². The minimum Gasteiger partial charge on any atom is -0.493 e. The normalized spacial score (nSPS) is 13.7. The molecule has 1 aliphatic rings. The van der Waals surface area contributed by atoms with Crippen LogP contribution in [-0.2, 0) is 16.1 Å². The first-order valence-corrected chi connectivity index (χ1v) is 9.52. The van der Waals surface area contributed by atoms with Crippen molar-refractivity contribution in [1.82, 2.24) is 15.2 Å². The van der Waals surface area contributed by atoms with Gasteiger partial charge >= 0.3 is 0 Å². The van der Waals surface area contributed by atoms with Gasteiger partial charge < -0.3 is 24.6 Å². The smallest absolute Gasteiger partial charge is 0.232 e. The molecule has 2 aromatic rings. The highest BCUT2D eigenvalue weighted by atomic mass is 16.5. The maximum Gasteiger partial charge on any atom is 0.232 e. The molecule has 2 heterocycles. The van der Waals surface area contributed by atoms with E-state index in [2.05, 4.69) is 15.2 Å². The van der Waals surface area contributed by atoms with Crippen molar-refractivity contribution in [1.29, 1.82) is 0 Å². The molecule has 1 fully saturated rings. The van der Waals surface area contributed by atoms with Crippen molar-refractivity contribution in [2.45, 2.75) is 13.0 Å². The number of ether oxygens (including phenoxy) is 2. The number of carbonyl (C=O) groups excluding carboxylic acids is 2. The summed E-state index contributed by atoms with van der Waals surface area (Å²) in [6.07, 6.45) is 1.60. The molecule has 0 spiro atoms. The average molecular weight is 398 g/mol. The zero-order chi connectivity index (χ0) is 20.6. The van der Waals surface area contributed by atoms with E-state index in [4.69, 9.17) is 9.47 Å². The Hall–Kier alpha value is -3.29. The number of hydrogen-bond donors (Lipinski definition) is 1. The summed E-state index contributed by atoms with van der Waals surface area (Å²) in [7, 11) is 3.13. The van der Waals surface area contributed by atoms with Crippen molar-refractivity contribution in [3.8, 4) is 11.5 Å². The van der Waals surface area contributed by atoms with Crippen LogP contribution in [0.4, 0.5) is 5.82 Å². The van der Waals surface area contributed by atoms with Gasteiger partial charge in [0.25, 0.3) is 0 Å². The molecule has 154 valence electrons. The van der Waals surface area contributed by atoms with Gasteiger partial charge in [-0.3, -0.25) is 9.59 Å². The molecule has 1 aromatic heterocycles. The topological polar surface area (TPSA) is 84.0 Å². The van der Waals surface area contributed by atoms with Crippen molar-refractivity contribution >= 4 is 17.6 Å². The van der Waals surface area contributed by atoms with Crippen molar-refractivity contribution in [2.24, 2.45) is 0 Å². The van der Waals surface area contributed by atoms with Gasteiger partial charge in [0.05, 0.1) is 14.2 Å². The molecule has 8 nitrogen and oxygen atoms in total. The zero-order valence-electron chi connectivity index (χ0n) is 16.8. The fourth-order valence-corrected chi connectivity index (χ4v) is 3.23. The number of nitrogens with one attached hydrogen (secondary N) is 1. The van der Waals surface area contributed by atoms with E-state index >= 15 is 0 Å². The third-order valence-corrected chi connectivity index (χ3v) is 4.86. The Kier molecular flexibility index (Phi) is 6.89. The number of pyridine rings is 1. The fraction of sp³-hybridized carbons (Fsp3) is 0.381. The molecule has 29 heavy (non-hydrogen) atoms. The lowest BCUT2D eigenvalue weighted by atomic mass is 10.2. The van der Waals surface area contributed by atoms with E-state index in [-0.39, 0.29) is 18.2 Å². The number of hydrogen-bond acceptors (Lipinski definition) is 6. The second kappa shape index (κ2) is 9.77. The Labute approximate surface area is 170 Å². The molecule has 0 atom stereocenters. The van der Waals surface area contributed by atoms with Crippen LogP contribution in [-0.4, -0.2) is 62.1 Å². The highest BCUT2D eigenvalue weighted by Gasteiger charge is 2.23. The maximum atomic E-state index is 12.4. The predicted molar refractivity (Wildman–Crippen MR) is 109 cm³/mol. The van der Waals surface area contributed by atoms with E-state index in [1.165, 1.54) is 0 Å². The van der Waals surface area contributed by atoms with E-state index in [0.717, 1.165) is 11.4 Å². The quantitative estimate of drug-likeness (QED) is 0.711. The van der Waals surface area contributed by atoms with Gasteiger partial charge in [0.2, 0.25) is 11.8 Å². The van der Waals surface area contributed by atoms with Gasteiger partial charge in [-0.1, -0.05) is 12.1 Å². The molecule has 0 aliphatic carbocycles. The van der Waals surface area contributed by atoms with Crippen molar-refractivity contribution in [3.05, 3.63) is 48.2 Å². The molecule has 1 aliphatic heterocycles. The van der Waals surface area contributed by atoms with Gasteiger partial charge in [-0.15, -0.1) is 0 Å². The summed E-state index contributed by atoms with van der Waals surface area (Å²) in [4.78, 5) is 32.8. The highest BCUT2D eigenvalue weighted by Crippen LogP contribution is 2.27. The number of methoxy groups -OCH3 is 2. The first-order valence-electron chi connectivity index (χ1n) is 9.52. The van der Waals surface area contributed by atoms with Crippen molar-refractivity contribution in [2.75, 3.05) is 45.3 Å². The average Bonchev–Trinajstić information content (AvgIpc) is 2.78. The molecule has 3 rings (SSSR count). The molecule has 1 N–H and O–H groups in total. The summed E-state index contributed by atoms with van der Waals surface area (Å²) in [5, 5.41) is 2.79. The van der Waals surface area contributed by atoms with Crippen LogP contribution in [0, 0.1) is 0 Å². The van der Waals surface area contributed by atoms with Crippen LogP contribution in [0.15, 0.2) is 42.6 Å². The van der Waals surface area contributed by atoms with Crippen LogP contribution in [0.1, 0.15) is 12.0 Å². The maximum absolute atomic E-state index is 12.4. The minimum atomic E-state index is -0.294. The summed E-state index contributed by atoms with van der Waals surface area (Å²) in [5.41, 5.74) is 0.868. The number of rotatable bonds is 7. The molecule has 0 bridgehead atoms. The Morgan fingerprint density at radius 1 is 1.03 bits per heavy atom. The first-order chi connectivity index (χ1) is 14.1. The van der Waals surface area contributed by atoms with Gasteiger partial charge in [0, 0.05) is 38.9 Å². The van der Waals surface area contributed by atoms with E-state index in [1.54, 1.807) is 37.4 Å². The van der Waals surface area contributed by atoms with Crippen LogP contribution in [0.3, 0.4) is 0 Å². The minimum absolute atomic E-state index is 0.156. The number of carbonyl (C=O) groups is 2. The number of benzene rings is 1. The molecule has 2 amide bonds. The van der Waals surface area contributed by atoms with Crippen molar-refractivity contribution < 1.29 is 19.1 Å². The molecular weight excluding hydrogens is 372 g/mol. The lowest BCUT2D eigenvalue weighted by molar-refractivity contribution is -0.136. The van der Waals surface area contributed by atoms with Crippen LogP contribution in [0.25, 0.3) is 0 Å². The van der Waals surface area contributed by atoms with E-state index in [9.17, 15) is 9.59 Å². The highest BCUT2D eigenvalue weighted by molar-refractivity contribution is 5.96. The van der Waals surface area contributed by atoms with Gasteiger partial charge in [0.1, 0.15) is 12.2 Å². The van der Waals surface area contributed by atoms with E-state index in [0.29, 0.717) is 44.2 Å². The Bertz CT molecular complexity index is 836. The molecular formula is C21H26N4O4. The summed E-state index contributed by atoms with van der Waals surface area (Å²) >= 11 is 0. The lowest BCUT2D eigenvalue weighted by Gasteiger charge is -2.35. The van der Waals surface area contributed by atoms with Gasteiger partial charge in [-0.2, -0.15) is 0 Å². The van der Waals surface area contributed by atoms with E-state index < -0.39 is 0 Å². The summed E-state index contributed by atoms with van der Waals surface area (Å²) in [6.45, 7) is 2.89. The molecule has 8 heteroatoms. The second-order valence-electron chi connectivity index (χ2n) is 6.70. The first kappa shape index (κ1) is 20.4. The Morgan fingerprint density at radius 3 is 2.45 bits per heavy atom. The van der Waals surface area contributed by atoms with Crippen LogP contribution >= 0.6 is 0 Å². The SMILES string of the molecule is COc1ccc(CNC(=O)CC(=O)N2CCN(c3ccccn3)CC2)cc1OC. The van der Waals surface area contributed by atoms with Crippen LogP contribution < -0.4 is 19.7 Å². The van der Waals surface area contributed by atoms with Crippen LogP contribution in [0.2, 0.25) is 0 Å². The predicted octanol–water partition coefficient (Wildman–Crippen LogP) is 1.45. The molecule has 1 aromatic carbocycles. The van der Waals surface area contributed by atoms with Crippen molar-refractivity contribution in [3.63, 3.8) is 0 Å². The summed E-state index contributed by atoms with van der Waals surface area (Å²) in [6, 6.07) is 11.2. The molecule has 0 unspecified atom stereocenters. The molecule has 1 saturated heterocycles. The standard InChI is InChI=1S/C21H26N4O4/c1-28-17-7-6-16(13-18(17)29-2)15-23-20(26)14-21(27)25-11-9-24(10-12-25)19-5-3-4-8-22-19/h3-8,13H,9-12,14-15H2,1-2H3,(H,23,26). The fourth-order valence-electron chi connectivity index (χ4n) is 3.23. The van der Waals surface area contributed by atoms with E-state index in [1.807, 2.05) is 24.3 Å². The number of piperazine rings is 1. The zero-order valence-corrected chi connectivity index (χ0v) is 16.8. The second-order valence-corrected chi connectivity index (χ2v) is 6.70. The third-order valence-electron chi connectivity index (χ3n) is 4.86. The number of nitrogens with zero attached hydrogens (tertiary/aromatic N) is 3. The third kappa shape index (κ3) is 5.37. The summed E-state index contributed by atoms with van der Waals surface area (Å²) < 4.78 is 10.5. The number of amides is 2. The molecule has 0 saturated carbocycles. The Morgan fingerprint density at radius 2 is 1.79 bits per heavy atom. The van der Waals surface area contributed by atoms with Gasteiger partial charge in [-0.05, 0) is 29.8 Å². The lowest BCUT2D eigenvalue weighted by Crippen LogP contribution is -2.49. The largest absolute Gasteiger partial charge is 0.493 e. The Balaban J connectivity index is 1.44. The monoisotopic (exact) mass is 398 g/mol. The number of aromatic nitrogens is 1. The van der Waals surface area contributed by atoms with Crippen LogP contribution in [0.5, 0.6) is 11.5 Å². The molecule has 0 radical (unpaired) electrons.